The van der Waals surface area contributed by atoms with Crippen LogP contribution in [0.2, 0.25) is 0 Å². The van der Waals surface area contributed by atoms with Gasteiger partial charge in [0.2, 0.25) is 0 Å². The summed E-state index contributed by atoms with van der Waals surface area (Å²) in [5.74, 6) is 1.62. The average Bonchev–Trinajstić information content (AvgIpc) is 2.86. The number of hydrogen-bond donors (Lipinski definition) is 2. The number of thioether (sulfide) groups is 1. The van der Waals surface area contributed by atoms with Gasteiger partial charge in [-0.25, -0.2) is 4.98 Å². The Morgan fingerprint density at radius 3 is 3.05 bits per heavy atom. The van der Waals surface area contributed by atoms with E-state index >= 15 is 0 Å². The predicted molar refractivity (Wildman–Crippen MR) is 78.6 cm³/mol. The molecule has 5 nitrogen and oxygen atoms in total. The van der Waals surface area contributed by atoms with Crippen molar-refractivity contribution in [1.82, 2.24) is 15.3 Å². The molecule has 1 aliphatic carbocycles. The Kier molecular flexibility index (Phi) is 5.01. The Morgan fingerprint density at radius 1 is 1.47 bits per heavy atom. The third-order valence-corrected chi connectivity index (χ3v) is 4.48. The van der Waals surface area contributed by atoms with E-state index in [1.165, 1.54) is 12.6 Å². The number of amides is 1. The van der Waals surface area contributed by atoms with Gasteiger partial charge < -0.3 is 10.6 Å². The van der Waals surface area contributed by atoms with E-state index in [1.54, 1.807) is 13.2 Å². The molecule has 2 N–H and O–H groups in total. The van der Waals surface area contributed by atoms with Gasteiger partial charge in [0.1, 0.15) is 11.5 Å². The van der Waals surface area contributed by atoms with E-state index < -0.39 is 0 Å². The van der Waals surface area contributed by atoms with Gasteiger partial charge in [-0.3, -0.25) is 9.78 Å². The van der Waals surface area contributed by atoms with Gasteiger partial charge in [-0.05, 0) is 25.0 Å². The molecule has 2 unspecified atom stereocenters. The molecule has 1 fully saturated rings. The van der Waals surface area contributed by atoms with Crippen LogP contribution in [0.15, 0.2) is 12.4 Å². The Bertz CT molecular complexity index is 440. The maximum atomic E-state index is 12.1. The van der Waals surface area contributed by atoms with Crippen molar-refractivity contribution in [2.24, 2.45) is 0 Å². The van der Waals surface area contributed by atoms with Crippen LogP contribution in [0.5, 0.6) is 0 Å². The first-order valence-corrected chi connectivity index (χ1v) is 7.70. The SMILES string of the molecule is CCSC1CCC(NC(=O)c2cncc(NC)n2)C1. The Labute approximate surface area is 118 Å². The van der Waals surface area contributed by atoms with Crippen molar-refractivity contribution in [3.63, 3.8) is 0 Å². The molecule has 1 heterocycles. The number of carbonyl (C=O) groups is 1. The van der Waals surface area contributed by atoms with Crippen molar-refractivity contribution < 1.29 is 4.79 Å². The summed E-state index contributed by atoms with van der Waals surface area (Å²) in [6.45, 7) is 2.18. The highest BCUT2D eigenvalue weighted by atomic mass is 32.2. The van der Waals surface area contributed by atoms with E-state index in [9.17, 15) is 4.79 Å². The Balaban J connectivity index is 1.90. The summed E-state index contributed by atoms with van der Waals surface area (Å²) in [4.78, 5) is 20.3. The van der Waals surface area contributed by atoms with Crippen LogP contribution in [0.4, 0.5) is 5.82 Å². The van der Waals surface area contributed by atoms with Crippen molar-refractivity contribution in [2.45, 2.75) is 37.5 Å². The molecular weight excluding hydrogens is 260 g/mol. The third kappa shape index (κ3) is 3.83. The largest absolute Gasteiger partial charge is 0.372 e. The Hall–Kier alpha value is -1.30. The van der Waals surface area contributed by atoms with Crippen LogP contribution < -0.4 is 10.6 Å². The molecule has 0 bridgehead atoms. The van der Waals surface area contributed by atoms with Crippen molar-refractivity contribution >= 4 is 23.5 Å². The van der Waals surface area contributed by atoms with Crippen molar-refractivity contribution in [2.75, 3.05) is 18.1 Å². The molecule has 0 aromatic carbocycles. The van der Waals surface area contributed by atoms with E-state index in [-0.39, 0.29) is 11.9 Å². The fourth-order valence-corrected chi connectivity index (χ4v) is 3.46. The van der Waals surface area contributed by atoms with Crippen LogP contribution in [-0.2, 0) is 0 Å². The van der Waals surface area contributed by atoms with E-state index in [0.29, 0.717) is 16.8 Å². The summed E-state index contributed by atoms with van der Waals surface area (Å²) < 4.78 is 0. The molecule has 104 valence electrons. The number of aromatic nitrogens is 2. The van der Waals surface area contributed by atoms with E-state index in [4.69, 9.17) is 0 Å². The topological polar surface area (TPSA) is 66.9 Å². The minimum atomic E-state index is -0.128. The standard InChI is InChI=1S/C13H20N4OS/c1-3-19-10-5-4-9(6-10)16-13(18)11-7-15-8-12(14-2)17-11/h7-10H,3-6H2,1-2H3,(H,14,17)(H,16,18). The summed E-state index contributed by atoms with van der Waals surface area (Å²) in [6, 6.07) is 0.275. The number of anilines is 1. The first-order chi connectivity index (χ1) is 9.22. The zero-order valence-corrected chi connectivity index (χ0v) is 12.2. The fraction of sp³-hybridized carbons (Fsp3) is 0.615. The lowest BCUT2D eigenvalue weighted by Gasteiger charge is -2.12. The first-order valence-electron chi connectivity index (χ1n) is 6.65. The van der Waals surface area contributed by atoms with Gasteiger partial charge in [0, 0.05) is 18.3 Å². The molecule has 0 radical (unpaired) electrons. The molecule has 1 amide bonds. The zero-order valence-electron chi connectivity index (χ0n) is 11.3. The van der Waals surface area contributed by atoms with Crippen LogP contribution in [0.3, 0.4) is 0 Å². The molecule has 1 aliphatic rings. The van der Waals surface area contributed by atoms with Crippen LogP contribution in [0.1, 0.15) is 36.7 Å². The molecular formula is C13H20N4OS. The fourth-order valence-electron chi connectivity index (χ4n) is 2.31. The number of carbonyl (C=O) groups excluding carboxylic acids is 1. The summed E-state index contributed by atoms with van der Waals surface area (Å²) >= 11 is 1.98. The minimum Gasteiger partial charge on any atom is -0.372 e. The lowest BCUT2D eigenvalue weighted by Crippen LogP contribution is -2.33. The minimum absolute atomic E-state index is 0.128. The highest BCUT2D eigenvalue weighted by Gasteiger charge is 2.26. The molecule has 1 saturated carbocycles. The van der Waals surface area contributed by atoms with Gasteiger partial charge in [0.05, 0.1) is 12.4 Å². The molecule has 1 aromatic rings. The zero-order chi connectivity index (χ0) is 13.7. The molecule has 1 aromatic heterocycles. The highest BCUT2D eigenvalue weighted by Crippen LogP contribution is 2.29. The second-order valence-corrected chi connectivity index (χ2v) is 6.18. The van der Waals surface area contributed by atoms with E-state index in [2.05, 4.69) is 27.5 Å². The van der Waals surface area contributed by atoms with E-state index in [0.717, 1.165) is 18.6 Å². The van der Waals surface area contributed by atoms with Gasteiger partial charge in [-0.2, -0.15) is 11.8 Å². The van der Waals surface area contributed by atoms with Crippen molar-refractivity contribution in [1.29, 1.82) is 0 Å². The molecule has 19 heavy (non-hydrogen) atoms. The molecule has 0 spiro atoms. The third-order valence-electron chi connectivity index (χ3n) is 3.25. The monoisotopic (exact) mass is 280 g/mol. The van der Waals surface area contributed by atoms with Gasteiger partial charge in [0.15, 0.2) is 0 Å². The normalized spacial score (nSPS) is 22.2. The molecule has 0 saturated heterocycles. The highest BCUT2D eigenvalue weighted by molar-refractivity contribution is 7.99. The van der Waals surface area contributed by atoms with Gasteiger partial charge in [-0.15, -0.1) is 0 Å². The second kappa shape index (κ2) is 6.75. The van der Waals surface area contributed by atoms with Crippen LogP contribution in [-0.4, -0.2) is 40.0 Å². The smallest absolute Gasteiger partial charge is 0.271 e. The number of hydrogen-bond acceptors (Lipinski definition) is 5. The Morgan fingerprint density at radius 2 is 2.32 bits per heavy atom. The number of rotatable bonds is 5. The summed E-state index contributed by atoms with van der Waals surface area (Å²) in [7, 11) is 1.76. The summed E-state index contributed by atoms with van der Waals surface area (Å²) in [6.07, 6.45) is 6.40. The van der Waals surface area contributed by atoms with Crippen molar-refractivity contribution in [3.05, 3.63) is 18.1 Å². The summed E-state index contributed by atoms with van der Waals surface area (Å²) in [5, 5.41) is 6.62. The van der Waals surface area contributed by atoms with Crippen LogP contribution in [0.25, 0.3) is 0 Å². The second-order valence-electron chi connectivity index (χ2n) is 4.60. The van der Waals surface area contributed by atoms with Gasteiger partial charge in [0.25, 0.3) is 5.91 Å². The maximum absolute atomic E-state index is 12.1. The van der Waals surface area contributed by atoms with Crippen molar-refractivity contribution in [3.8, 4) is 0 Å². The molecule has 2 atom stereocenters. The van der Waals surface area contributed by atoms with E-state index in [1.807, 2.05) is 11.8 Å². The lowest BCUT2D eigenvalue weighted by molar-refractivity contribution is 0.0932. The molecule has 2 rings (SSSR count). The number of nitrogens with zero attached hydrogens (tertiary/aromatic N) is 2. The predicted octanol–water partition coefficient (Wildman–Crippen LogP) is 1.92. The van der Waals surface area contributed by atoms with Crippen LogP contribution in [0, 0.1) is 0 Å². The van der Waals surface area contributed by atoms with Gasteiger partial charge in [-0.1, -0.05) is 6.92 Å². The maximum Gasteiger partial charge on any atom is 0.271 e. The quantitative estimate of drug-likeness (QED) is 0.862. The molecule has 6 heteroatoms. The molecule has 0 aliphatic heterocycles. The average molecular weight is 280 g/mol. The van der Waals surface area contributed by atoms with Crippen LogP contribution >= 0.6 is 11.8 Å². The number of nitrogens with one attached hydrogen (secondary N) is 2. The van der Waals surface area contributed by atoms with Gasteiger partial charge >= 0.3 is 0 Å². The lowest BCUT2D eigenvalue weighted by atomic mass is 10.2. The first kappa shape index (κ1) is 14.1. The summed E-state index contributed by atoms with van der Waals surface area (Å²) in [5.41, 5.74) is 0.374.